The molecule has 80 heavy (non-hydrogen) atoms. The molecule has 3 N–H and O–H groups in total. The molecule has 17 heteroatoms. The highest BCUT2D eigenvalue weighted by molar-refractivity contribution is 6.08. The molecule has 0 bridgehead atoms. The van der Waals surface area contributed by atoms with E-state index in [0.717, 1.165) is 24.8 Å². The van der Waals surface area contributed by atoms with Crippen LogP contribution >= 0.6 is 0 Å². The third-order valence-corrected chi connectivity index (χ3v) is 14.9. The molecule has 0 unspecified atom stereocenters. The van der Waals surface area contributed by atoms with Crippen LogP contribution in [0.3, 0.4) is 0 Å². The summed E-state index contributed by atoms with van der Waals surface area (Å²) < 4.78 is 47.0. The van der Waals surface area contributed by atoms with E-state index in [1.54, 1.807) is 67.7 Å². The summed E-state index contributed by atoms with van der Waals surface area (Å²) in [5, 5.41) is 24.6. The number of allylic oxidation sites excluding steroid dienone is 2. The van der Waals surface area contributed by atoms with E-state index < -0.39 is 42.5 Å². The SMILES string of the molecule is COc1ccc(CC[C@@H](OC(=O)[C@@H]2CCCCN2C(=O)[C@H](c2cc(OC)c(OC)c(OC)c2)[C@@H]2C=CCCC2)c2cccc(OCC(=O)NCc3c(O)ccc4c(-c5ccccc5C(=O)O)c5ccc(=O)cc-5oc34)c2)cc1OC. The first-order valence-corrected chi connectivity index (χ1v) is 26.6. The predicted octanol–water partition coefficient (Wildman–Crippen LogP) is 10.4. The Morgan fingerprint density at radius 2 is 1.52 bits per heavy atom. The number of aryl methyl sites for hydroxylation is 1. The zero-order valence-electron chi connectivity index (χ0n) is 45.3. The molecule has 2 aliphatic heterocycles. The van der Waals surface area contributed by atoms with Crippen LogP contribution < -0.4 is 39.2 Å². The highest BCUT2D eigenvalue weighted by Crippen LogP contribution is 2.46. The largest absolute Gasteiger partial charge is 0.507 e. The first-order valence-electron chi connectivity index (χ1n) is 26.6. The van der Waals surface area contributed by atoms with Crippen LogP contribution in [0.1, 0.15) is 89.6 Å². The van der Waals surface area contributed by atoms with Crippen molar-refractivity contribution in [2.24, 2.45) is 5.92 Å². The van der Waals surface area contributed by atoms with Gasteiger partial charge in [-0.05, 0) is 146 Å². The number of aromatic hydroxyl groups is 1. The Hall–Kier alpha value is -8.99. The second-order valence-corrected chi connectivity index (χ2v) is 19.7. The topological polar surface area (TPSA) is 219 Å². The van der Waals surface area contributed by atoms with Gasteiger partial charge in [0.15, 0.2) is 35.0 Å². The van der Waals surface area contributed by atoms with Gasteiger partial charge in [0.25, 0.3) is 5.91 Å². The Bertz CT molecular complexity index is 3450. The molecule has 5 aromatic carbocycles. The molecular weight excluding hydrogens is 1020 g/mol. The number of rotatable bonds is 21. The fourth-order valence-corrected chi connectivity index (χ4v) is 11.0. The predicted molar refractivity (Wildman–Crippen MR) is 298 cm³/mol. The number of nitrogens with zero attached hydrogens (tertiary/aromatic N) is 1. The van der Waals surface area contributed by atoms with Crippen molar-refractivity contribution in [1.29, 1.82) is 0 Å². The summed E-state index contributed by atoms with van der Waals surface area (Å²) in [6.45, 7) is -0.328. The molecule has 17 nitrogen and oxygen atoms in total. The number of phenols is 1. The van der Waals surface area contributed by atoms with Gasteiger partial charge in [0.1, 0.15) is 35.0 Å². The van der Waals surface area contributed by atoms with Gasteiger partial charge in [-0.3, -0.25) is 14.4 Å². The molecule has 1 fully saturated rings. The number of amides is 2. The molecule has 2 aliphatic carbocycles. The van der Waals surface area contributed by atoms with Gasteiger partial charge in [-0.2, -0.15) is 0 Å². The molecular formula is C63H64N2O15. The van der Waals surface area contributed by atoms with E-state index in [0.29, 0.717) is 106 Å². The number of carbonyl (C=O) groups excluding carboxylic acids is 3. The lowest BCUT2D eigenvalue weighted by molar-refractivity contribution is -0.163. The Morgan fingerprint density at radius 1 is 0.750 bits per heavy atom. The number of esters is 1. The highest BCUT2D eigenvalue weighted by atomic mass is 16.5. The minimum absolute atomic E-state index is 0.0210. The maximum absolute atomic E-state index is 15.2. The Balaban J connectivity index is 0.965. The van der Waals surface area contributed by atoms with E-state index in [9.17, 15) is 29.4 Å². The van der Waals surface area contributed by atoms with Crippen molar-refractivity contribution in [3.63, 3.8) is 0 Å². The number of hydrogen-bond acceptors (Lipinski definition) is 14. The van der Waals surface area contributed by atoms with E-state index in [1.165, 1.54) is 45.6 Å². The summed E-state index contributed by atoms with van der Waals surface area (Å²) in [7, 11) is 7.72. The summed E-state index contributed by atoms with van der Waals surface area (Å²) in [5.41, 5.74) is 3.49. The number of piperidine rings is 1. The fourth-order valence-electron chi connectivity index (χ4n) is 11.0. The molecule has 4 aliphatic rings. The normalized spacial score (nSPS) is 15.8. The number of carbonyl (C=O) groups is 4. The third kappa shape index (κ3) is 12.0. The van der Waals surface area contributed by atoms with Crippen LogP contribution in [0.2, 0.25) is 0 Å². The van der Waals surface area contributed by atoms with Gasteiger partial charge in [-0.15, -0.1) is 0 Å². The summed E-state index contributed by atoms with van der Waals surface area (Å²) in [4.78, 5) is 70.4. The van der Waals surface area contributed by atoms with E-state index in [2.05, 4.69) is 17.5 Å². The number of phenolic OH excluding ortho intramolecular Hbond substituents is 1. The highest BCUT2D eigenvalue weighted by Gasteiger charge is 2.41. The quantitative estimate of drug-likeness (QED) is 0.0346. The van der Waals surface area contributed by atoms with Crippen LogP contribution in [0.25, 0.3) is 33.4 Å². The number of carboxylic acid groups (broad SMARTS) is 1. The third-order valence-electron chi connectivity index (χ3n) is 14.9. The van der Waals surface area contributed by atoms with Crippen LogP contribution in [0.15, 0.2) is 131 Å². The van der Waals surface area contributed by atoms with E-state index in [1.807, 2.05) is 36.4 Å². The van der Waals surface area contributed by atoms with Gasteiger partial charge in [-0.1, -0.05) is 48.6 Å². The molecule has 4 atom stereocenters. The lowest BCUT2D eigenvalue weighted by Crippen LogP contribution is -2.51. The summed E-state index contributed by atoms with van der Waals surface area (Å²) >= 11 is 0. The standard InChI is InChI=1S/C63H64N2O15/c1-73-51-28-22-37(30-53(51)74-2)21-27-50(80-63(72)48-20-11-12-29-65(48)61(69)57(38-14-7-6-8-15-38)40-32-54(75-3)60(77-5)55(33-40)76-4)39-16-13-17-42(31-39)78-36-56(68)64-35-47-49(67)26-25-46-58(43-18-9-10-19-44(43)62(70)71)45-24-23-41(66)34-52(45)79-59(46)47/h7,9-10,13-14,16-19,22-26,28,30-34,38,48,50,57,67H,6,8,11-12,15,20-21,27,29,35-36H2,1-5H3,(H,64,68)(H,70,71)/t38-,48+,50-,57+/m1/s1. The van der Waals surface area contributed by atoms with E-state index in [4.69, 9.17) is 37.6 Å². The molecule has 0 aromatic heterocycles. The number of nitrogens with one attached hydrogen (secondary N) is 1. The zero-order valence-corrected chi connectivity index (χ0v) is 45.3. The second-order valence-electron chi connectivity index (χ2n) is 19.7. The van der Waals surface area contributed by atoms with Gasteiger partial charge >= 0.3 is 11.9 Å². The minimum atomic E-state index is -1.16. The molecule has 9 rings (SSSR count). The first kappa shape index (κ1) is 55.8. The second kappa shape index (κ2) is 25.2. The molecule has 2 heterocycles. The lowest BCUT2D eigenvalue weighted by atomic mass is 9.78. The van der Waals surface area contributed by atoms with Crippen LogP contribution in [0, 0.1) is 5.92 Å². The van der Waals surface area contributed by atoms with Crippen molar-refractivity contribution in [3.8, 4) is 62.7 Å². The molecule has 416 valence electrons. The Kier molecular flexibility index (Phi) is 17.6. The van der Waals surface area contributed by atoms with Crippen molar-refractivity contribution in [1.82, 2.24) is 10.2 Å². The van der Waals surface area contributed by atoms with Gasteiger partial charge < -0.3 is 58.0 Å². The number of methoxy groups -OCH3 is 5. The van der Waals surface area contributed by atoms with Crippen molar-refractivity contribution < 1.29 is 67.0 Å². The number of carboxylic acids is 1. The molecule has 2 amide bonds. The maximum Gasteiger partial charge on any atom is 0.336 e. The average Bonchev–Trinajstić information content (AvgIpc) is 3.56. The number of hydrogen-bond donors (Lipinski definition) is 3. The molecule has 5 aromatic rings. The Morgan fingerprint density at radius 3 is 2.25 bits per heavy atom. The number of ether oxygens (including phenoxy) is 7. The average molecular weight is 1090 g/mol. The van der Waals surface area contributed by atoms with Crippen LogP contribution in [-0.4, -0.2) is 93.6 Å². The molecule has 0 spiro atoms. The van der Waals surface area contributed by atoms with Gasteiger partial charge in [0.2, 0.25) is 11.7 Å². The molecule has 0 radical (unpaired) electrons. The first-order chi connectivity index (χ1) is 38.8. The number of likely N-dealkylation sites (tertiary alicyclic amines) is 1. The van der Waals surface area contributed by atoms with E-state index >= 15 is 4.79 Å². The maximum atomic E-state index is 15.2. The van der Waals surface area contributed by atoms with Crippen molar-refractivity contribution in [2.45, 2.75) is 76.0 Å². The number of benzene rings is 6. The monoisotopic (exact) mass is 1090 g/mol. The van der Waals surface area contributed by atoms with Gasteiger partial charge in [0.05, 0.1) is 59.1 Å². The van der Waals surface area contributed by atoms with Crippen molar-refractivity contribution in [2.75, 3.05) is 48.7 Å². The van der Waals surface area contributed by atoms with E-state index in [-0.39, 0.29) is 52.0 Å². The van der Waals surface area contributed by atoms with Gasteiger partial charge in [-0.25, -0.2) is 9.59 Å². The van der Waals surface area contributed by atoms with Crippen molar-refractivity contribution >= 4 is 34.7 Å². The number of aromatic carboxylic acids is 1. The Labute approximate surface area is 462 Å². The van der Waals surface area contributed by atoms with Crippen LogP contribution in [-0.2, 0) is 32.1 Å². The summed E-state index contributed by atoms with van der Waals surface area (Å²) in [6, 6.07) is 29.0. The number of fused-ring (bicyclic) bond motifs is 2. The van der Waals surface area contributed by atoms with Crippen molar-refractivity contribution in [3.05, 3.63) is 159 Å². The van der Waals surface area contributed by atoms with Crippen LogP contribution in [0.4, 0.5) is 0 Å². The molecule has 0 saturated carbocycles. The minimum Gasteiger partial charge on any atom is -0.507 e. The zero-order chi connectivity index (χ0) is 56.5. The summed E-state index contributed by atoms with van der Waals surface area (Å²) in [6.07, 6.45) is 8.53. The molecule has 1 saturated heterocycles. The summed E-state index contributed by atoms with van der Waals surface area (Å²) in [5.74, 6) is -0.672. The van der Waals surface area contributed by atoms with Crippen LogP contribution in [0.5, 0.6) is 40.2 Å². The fraction of sp³-hybridized carbons (Fsp3) is 0.317. The van der Waals surface area contributed by atoms with Gasteiger partial charge in [0, 0.05) is 29.1 Å². The lowest BCUT2D eigenvalue weighted by Gasteiger charge is -2.39. The smallest absolute Gasteiger partial charge is 0.336 e.